The summed E-state index contributed by atoms with van der Waals surface area (Å²) in [4.78, 5) is 0. The van der Waals surface area contributed by atoms with Gasteiger partial charge >= 0.3 is 0 Å². The van der Waals surface area contributed by atoms with Gasteiger partial charge in [0.15, 0.2) is 0 Å². The van der Waals surface area contributed by atoms with Crippen LogP contribution < -0.4 is 4.74 Å². The molecule has 0 spiro atoms. The molecule has 0 aliphatic rings. The summed E-state index contributed by atoms with van der Waals surface area (Å²) in [7, 11) is 0. The lowest BCUT2D eigenvalue weighted by atomic mass is 9.98. The van der Waals surface area contributed by atoms with E-state index < -0.39 is 0 Å². The first-order valence-corrected chi connectivity index (χ1v) is 9.78. The van der Waals surface area contributed by atoms with Gasteiger partial charge in [-0.15, -0.1) is 0 Å². The highest BCUT2D eigenvalue weighted by atomic mass is 16.5. The van der Waals surface area contributed by atoms with Crippen LogP contribution in [0.3, 0.4) is 0 Å². The minimum atomic E-state index is 0.841. The predicted molar refractivity (Wildman–Crippen MR) is 121 cm³/mol. The lowest BCUT2D eigenvalue weighted by molar-refractivity contribution is 0.483. The van der Waals surface area contributed by atoms with Crippen molar-refractivity contribution in [1.29, 1.82) is 0 Å². The zero-order chi connectivity index (χ0) is 19.5. The van der Waals surface area contributed by atoms with Crippen molar-refractivity contribution in [1.82, 2.24) is 0 Å². The molecule has 0 bridgehead atoms. The van der Waals surface area contributed by atoms with Crippen LogP contribution in [0.4, 0.5) is 0 Å². The minimum Gasteiger partial charge on any atom is -0.457 e. The number of hydrogen-bond acceptors (Lipinski definition) is 1. The van der Waals surface area contributed by atoms with Gasteiger partial charge in [-0.2, -0.15) is 0 Å². The highest BCUT2D eigenvalue weighted by Gasteiger charge is 2.04. The van der Waals surface area contributed by atoms with E-state index in [0.717, 1.165) is 11.5 Å². The smallest absolute Gasteiger partial charge is 0.127 e. The van der Waals surface area contributed by atoms with Gasteiger partial charge in [-0.3, -0.25) is 0 Å². The molecule has 0 aliphatic heterocycles. The molecule has 0 aromatic heterocycles. The van der Waals surface area contributed by atoms with Crippen LogP contribution in [-0.4, -0.2) is 0 Å². The molecule has 1 heteroatoms. The Balaban J connectivity index is 1.41. The highest BCUT2D eigenvalue weighted by Crippen LogP contribution is 2.30. The van der Waals surface area contributed by atoms with Gasteiger partial charge in [-0.25, -0.2) is 0 Å². The number of para-hydroxylation sites is 1. The van der Waals surface area contributed by atoms with Crippen molar-refractivity contribution in [2.45, 2.75) is 0 Å². The van der Waals surface area contributed by atoms with Crippen LogP contribution in [0.15, 0.2) is 121 Å². The van der Waals surface area contributed by atoms with E-state index in [-0.39, 0.29) is 0 Å². The van der Waals surface area contributed by atoms with Gasteiger partial charge in [0.05, 0.1) is 0 Å². The Hall–Kier alpha value is -3.84. The zero-order valence-corrected chi connectivity index (χ0v) is 16.0. The Kier molecular flexibility index (Phi) is 4.56. The van der Waals surface area contributed by atoms with Crippen LogP contribution in [0.2, 0.25) is 0 Å². The van der Waals surface area contributed by atoms with Crippen molar-refractivity contribution in [3.8, 4) is 33.8 Å². The molecule has 0 atom stereocenters. The molecule has 0 heterocycles. The Labute approximate surface area is 170 Å². The van der Waals surface area contributed by atoms with Gasteiger partial charge < -0.3 is 4.74 Å². The lowest BCUT2D eigenvalue weighted by Gasteiger charge is -2.09. The van der Waals surface area contributed by atoms with Crippen LogP contribution >= 0.6 is 0 Å². The molecular weight excluding hydrogens is 352 g/mol. The van der Waals surface area contributed by atoms with Crippen molar-refractivity contribution >= 4 is 10.8 Å². The molecule has 29 heavy (non-hydrogen) atoms. The van der Waals surface area contributed by atoms with E-state index in [0.29, 0.717) is 0 Å². The average Bonchev–Trinajstić information content (AvgIpc) is 2.80. The fraction of sp³-hybridized carbons (Fsp3) is 0. The van der Waals surface area contributed by atoms with Crippen molar-refractivity contribution < 1.29 is 4.74 Å². The summed E-state index contributed by atoms with van der Waals surface area (Å²) in [5.41, 5.74) is 4.87. The topological polar surface area (TPSA) is 9.23 Å². The summed E-state index contributed by atoms with van der Waals surface area (Å²) in [6.07, 6.45) is 0. The maximum atomic E-state index is 5.89. The summed E-state index contributed by atoms with van der Waals surface area (Å²) in [5, 5.41) is 2.49. The van der Waals surface area contributed by atoms with E-state index >= 15 is 0 Å². The van der Waals surface area contributed by atoms with E-state index in [1.807, 2.05) is 48.5 Å². The maximum absolute atomic E-state index is 5.89. The predicted octanol–water partition coefficient (Wildman–Crippen LogP) is 7.97. The van der Waals surface area contributed by atoms with E-state index in [1.54, 1.807) is 0 Å². The number of rotatable bonds is 4. The quantitative estimate of drug-likeness (QED) is 0.311. The van der Waals surface area contributed by atoms with E-state index in [4.69, 9.17) is 4.74 Å². The standard InChI is InChI=1S/C28H20O/c1-3-7-21(8-4-1)23-11-13-26-20-24(12-14-25(26)19-23)22-15-17-28(18-16-22)29-27-9-5-2-6-10-27/h1-20H. The summed E-state index contributed by atoms with van der Waals surface area (Å²) in [6, 6.07) is 41.9. The van der Waals surface area contributed by atoms with Crippen LogP contribution in [-0.2, 0) is 0 Å². The zero-order valence-electron chi connectivity index (χ0n) is 16.0. The molecule has 5 rings (SSSR count). The Morgan fingerprint density at radius 2 is 0.793 bits per heavy atom. The highest BCUT2D eigenvalue weighted by molar-refractivity contribution is 5.90. The molecule has 0 aliphatic carbocycles. The number of fused-ring (bicyclic) bond motifs is 1. The third-order valence-electron chi connectivity index (χ3n) is 5.11. The summed E-state index contributed by atoms with van der Waals surface area (Å²) in [6.45, 7) is 0. The van der Waals surface area contributed by atoms with Crippen LogP contribution in [0.5, 0.6) is 11.5 Å². The number of hydrogen-bond donors (Lipinski definition) is 0. The second kappa shape index (κ2) is 7.65. The molecule has 138 valence electrons. The lowest BCUT2D eigenvalue weighted by Crippen LogP contribution is -1.84. The first-order valence-electron chi connectivity index (χ1n) is 9.78. The van der Waals surface area contributed by atoms with E-state index in [2.05, 4.69) is 72.8 Å². The molecule has 5 aromatic carbocycles. The number of benzene rings is 5. The second-order valence-corrected chi connectivity index (χ2v) is 7.08. The molecule has 0 fully saturated rings. The molecule has 5 aromatic rings. The van der Waals surface area contributed by atoms with E-state index in [9.17, 15) is 0 Å². The molecular formula is C28H20O. The van der Waals surface area contributed by atoms with Gasteiger partial charge in [0.1, 0.15) is 11.5 Å². The largest absolute Gasteiger partial charge is 0.457 e. The summed E-state index contributed by atoms with van der Waals surface area (Å²) < 4.78 is 5.89. The van der Waals surface area contributed by atoms with Crippen molar-refractivity contribution in [3.05, 3.63) is 121 Å². The van der Waals surface area contributed by atoms with E-state index in [1.165, 1.54) is 33.0 Å². The number of ether oxygens (including phenoxy) is 1. The summed E-state index contributed by atoms with van der Waals surface area (Å²) >= 11 is 0. The fourth-order valence-electron chi connectivity index (χ4n) is 3.58. The monoisotopic (exact) mass is 372 g/mol. The first-order chi connectivity index (χ1) is 14.3. The normalized spacial score (nSPS) is 10.8. The third kappa shape index (κ3) is 3.76. The van der Waals surface area contributed by atoms with Gasteiger partial charge in [-0.05, 0) is 69.4 Å². The van der Waals surface area contributed by atoms with Gasteiger partial charge in [0.2, 0.25) is 0 Å². The van der Waals surface area contributed by atoms with Crippen LogP contribution in [0.25, 0.3) is 33.0 Å². The van der Waals surface area contributed by atoms with Gasteiger partial charge in [0, 0.05) is 0 Å². The van der Waals surface area contributed by atoms with Crippen LogP contribution in [0, 0.1) is 0 Å². The van der Waals surface area contributed by atoms with Gasteiger partial charge in [-0.1, -0.05) is 84.9 Å². The van der Waals surface area contributed by atoms with Crippen molar-refractivity contribution in [2.24, 2.45) is 0 Å². The second-order valence-electron chi connectivity index (χ2n) is 7.08. The minimum absolute atomic E-state index is 0.841. The molecule has 1 nitrogen and oxygen atoms in total. The van der Waals surface area contributed by atoms with Crippen molar-refractivity contribution in [2.75, 3.05) is 0 Å². The Morgan fingerprint density at radius 3 is 1.38 bits per heavy atom. The molecule has 0 N–H and O–H groups in total. The fourth-order valence-corrected chi connectivity index (χ4v) is 3.58. The van der Waals surface area contributed by atoms with Crippen LogP contribution in [0.1, 0.15) is 0 Å². The Bertz CT molecular complexity index is 1240. The SMILES string of the molecule is c1ccc(Oc2ccc(-c3ccc4cc(-c5ccccc5)ccc4c3)cc2)cc1. The molecule has 0 radical (unpaired) electrons. The summed E-state index contributed by atoms with van der Waals surface area (Å²) in [5.74, 6) is 1.69. The first kappa shape index (κ1) is 17.3. The third-order valence-corrected chi connectivity index (χ3v) is 5.11. The molecule has 0 amide bonds. The van der Waals surface area contributed by atoms with Gasteiger partial charge in [0.25, 0.3) is 0 Å². The molecule has 0 saturated carbocycles. The van der Waals surface area contributed by atoms with Crippen molar-refractivity contribution in [3.63, 3.8) is 0 Å². The maximum Gasteiger partial charge on any atom is 0.127 e. The Morgan fingerprint density at radius 1 is 0.345 bits per heavy atom. The molecule has 0 unspecified atom stereocenters. The molecule has 0 saturated heterocycles. The average molecular weight is 372 g/mol.